The molecule has 4 nitrogen and oxygen atoms in total. The Balaban J connectivity index is 2.63. The molecule has 1 saturated heterocycles. The zero-order chi connectivity index (χ0) is 11.4. The van der Waals surface area contributed by atoms with E-state index in [2.05, 4.69) is 0 Å². The molecule has 1 aliphatic rings. The van der Waals surface area contributed by atoms with Gasteiger partial charge in [0.1, 0.15) is 6.04 Å². The summed E-state index contributed by atoms with van der Waals surface area (Å²) in [5, 5.41) is 9.00. The van der Waals surface area contributed by atoms with Gasteiger partial charge in [0.15, 0.2) is 0 Å². The van der Waals surface area contributed by atoms with Crippen LogP contribution in [0.4, 0.5) is 0 Å². The van der Waals surface area contributed by atoms with Gasteiger partial charge >= 0.3 is 5.97 Å². The minimum atomic E-state index is -0.869. The summed E-state index contributed by atoms with van der Waals surface area (Å²) in [7, 11) is 0. The van der Waals surface area contributed by atoms with Gasteiger partial charge in [-0.15, -0.1) is 0 Å². The summed E-state index contributed by atoms with van der Waals surface area (Å²) in [5.74, 6) is -0.599. The highest BCUT2D eigenvalue weighted by Crippen LogP contribution is 2.19. The third kappa shape index (κ3) is 3.22. The van der Waals surface area contributed by atoms with E-state index in [9.17, 15) is 9.59 Å². The van der Waals surface area contributed by atoms with Gasteiger partial charge in [0.25, 0.3) is 0 Å². The van der Waals surface area contributed by atoms with E-state index in [4.69, 9.17) is 5.11 Å². The molecule has 0 radical (unpaired) electrons. The molecule has 1 fully saturated rings. The Morgan fingerprint density at radius 1 is 1.40 bits per heavy atom. The van der Waals surface area contributed by atoms with Crippen LogP contribution in [0.25, 0.3) is 0 Å². The zero-order valence-electron chi connectivity index (χ0n) is 9.40. The van der Waals surface area contributed by atoms with Crippen molar-refractivity contribution in [2.45, 2.75) is 45.6 Å². The Kier molecular flexibility index (Phi) is 4.12. The molecule has 86 valence electrons. The number of aliphatic carboxylic acids is 1. The van der Waals surface area contributed by atoms with Crippen LogP contribution in [0.3, 0.4) is 0 Å². The Bertz CT molecular complexity index is 250. The molecule has 15 heavy (non-hydrogen) atoms. The first-order valence-corrected chi connectivity index (χ1v) is 5.54. The first-order chi connectivity index (χ1) is 7.02. The Morgan fingerprint density at radius 3 is 2.60 bits per heavy atom. The maximum atomic E-state index is 11.8. The van der Waals surface area contributed by atoms with Crippen LogP contribution in [0.2, 0.25) is 0 Å². The molecular weight excluding hydrogens is 194 g/mol. The number of rotatable bonds is 3. The SMILES string of the molecule is CC(C)CC(=O)N1CCCC[C@H]1C(=O)O. The number of hydrogen-bond acceptors (Lipinski definition) is 2. The summed E-state index contributed by atoms with van der Waals surface area (Å²) in [5.41, 5.74) is 0. The van der Waals surface area contributed by atoms with Gasteiger partial charge in [-0.2, -0.15) is 0 Å². The number of carbonyl (C=O) groups excluding carboxylic acids is 1. The number of carbonyl (C=O) groups is 2. The summed E-state index contributed by atoms with van der Waals surface area (Å²) >= 11 is 0. The van der Waals surface area contributed by atoms with Crippen LogP contribution < -0.4 is 0 Å². The number of carboxylic acid groups (broad SMARTS) is 1. The van der Waals surface area contributed by atoms with E-state index in [1.165, 1.54) is 4.90 Å². The fraction of sp³-hybridized carbons (Fsp3) is 0.818. The monoisotopic (exact) mass is 213 g/mol. The highest BCUT2D eigenvalue weighted by atomic mass is 16.4. The minimum Gasteiger partial charge on any atom is -0.480 e. The highest BCUT2D eigenvalue weighted by Gasteiger charge is 2.31. The number of likely N-dealkylation sites (tertiary alicyclic amines) is 1. The van der Waals surface area contributed by atoms with Crippen molar-refractivity contribution in [3.05, 3.63) is 0 Å². The van der Waals surface area contributed by atoms with Gasteiger partial charge < -0.3 is 10.0 Å². The van der Waals surface area contributed by atoms with Crippen LogP contribution in [-0.4, -0.2) is 34.5 Å². The second-order valence-electron chi connectivity index (χ2n) is 4.53. The number of hydrogen-bond donors (Lipinski definition) is 1. The van der Waals surface area contributed by atoms with E-state index in [-0.39, 0.29) is 11.8 Å². The number of piperidine rings is 1. The zero-order valence-corrected chi connectivity index (χ0v) is 9.40. The van der Waals surface area contributed by atoms with Crippen LogP contribution >= 0.6 is 0 Å². The van der Waals surface area contributed by atoms with Crippen LogP contribution in [0, 0.1) is 5.92 Å². The van der Waals surface area contributed by atoms with Gasteiger partial charge in [0, 0.05) is 13.0 Å². The van der Waals surface area contributed by atoms with Crippen molar-refractivity contribution in [1.82, 2.24) is 4.90 Å². The van der Waals surface area contributed by atoms with Gasteiger partial charge in [-0.3, -0.25) is 4.79 Å². The summed E-state index contributed by atoms with van der Waals surface area (Å²) < 4.78 is 0. The van der Waals surface area contributed by atoms with Gasteiger partial charge in [0.05, 0.1) is 0 Å². The second kappa shape index (κ2) is 5.14. The van der Waals surface area contributed by atoms with Gasteiger partial charge in [-0.05, 0) is 25.2 Å². The molecule has 1 heterocycles. The largest absolute Gasteiger partial charge is 0.480 e. The van der Waals surface area contributed by atoms with Crippen molar-refractivity contribution < 1.29 is 14.7 Å². The van der Waals surface area contributed by atoms with Crippen molar-refractivity contribution in [2.75, 3.05) is 6.54 Å². The third-order valence-corrected chi connectivity index (χ3v) is 2.69. The number of amides is 1. The highest BCUT2D eigenvalue weighted by molar-refractivity contribution is 5.83. The average Bonchev–Trinajstić information content (AvgIpc) is 2.16. The fourth-order valence-electron chi connectivity index (χ4n) is 1.95. The molecule has 0 bridgehead atoms. The lowest BCUT2D eigenvalue weighted by atomic mass is 10.0. The summed E-state index contributed by atoms with van der Waals surface area (Å²) in [4.78, 5) is 24.3. The topological polar surface area (TPSA) is 57.6 Å². The Hall–Kier alpha value is -1.06. The van der Waals surface area contributed by atoms with Crippen molar-refractivity contribution in [3.8, 4) is 0 Å². The van der Waals surface area contributed by atoms with Gasteiger partial charge in [-0.25, -0.2) is 4.79 Å². The molecule has 0 aromatic rings. The van der Waals surface area contributed by atoms with Crippen LogP contribution in [0.15, 0.2) is 0 Å². The van der Waals surface area contributed by atoms with Gasteiger partial charge in [0.2, 0.25) is 5.91 Å². The molecule has 1 atom stereocenters. The first kappa shape index (κ1) is 12.0. The predicted molar refractivity (Wildman–Crippen MR) is 56.4 cm³/mol. The molecule has 4 heteroatoms. The summed E-state index contributed by atoms with van der Waals surface area (Å²) in [6.45, 7) is 4.54. The van der Waals surface area contributed by atoms with Crippen molar-refractivity contribution >= 4 is 11.9 Å². The fourth-order valence-corrected chi connectivity index (χ4v) is 1.95. The lowest BCUT2D eigenvalue weighted by molar-refractivity contribution is -0.152. The molecule has 0 saturated carbocycles. The summed E-state index contributed by atoms with van der Waals surface area (Å²) in [6, 6.07) is -0.593. The molecular formula is C11H19NO3. The Labute approximate surface area is 90.3 Å². The van der Waals surface area contributed by atoms with Crippen LogP contribution in [0.1, 0.15) is 39.5 Å². The third-order valence-electron chi connectivity index (χ3n) is 2.69. The van der Waals surface area contributed by atoms with Crippen molar-refractivity contribution in [1.29, 1.82) is 0 Å². The maximum absolute atomic E-state index is 11.8. The maximum Gasteiger partial charge on any atom is 0.326 e. The molecule has 1 aliphatic heterocycles. The quantitative estimate of drug-likeness (QED) is 0.772. The van der Waals surface area contributed by atoms with Gasteiger partial charge in [-0.1, -0.05) is 13.8 Å². The Morgan fingerprint density at radius 2 is 2.07 bits per heavy atom. The van der Waals surface area contributed by atoms with E-state index in [1.807, 2.05) is 13.8 Å². The smallest absolute Gasteiger partial charge is 0.326 e. The molecule has 1 N–H and O–H groups in total. The van der Waals surface area contributed by atoms with E-state index < -0.39 is 12.0 Å². The molecule has 0 aromatic heterocycles. The second-order valence-corrected chi connectivity index (χ2v) is 4.53. The predicted octanol–water partition coefficient (Wildman–Crippen LogP) is 1.50. The number of nitrogens with zero attached hydrogens (tertiary/aromatic N) is 1. The van der Waals surface area contributed by atoms with Crippen LogP contribution in [-0.2, 0) is 9.59 Å². The molecule has 1 rings (SSSR count). The minimum absolute atomic E-state index is 0.0166. The van der Waals surface area contributed by atoms with E-state index in [1.54, 1.807) is 0 Å². The molecule has 1 amide bonds. The molecule has 0 aromatic carbocycles. The molecule has 0 unspecified atom stereocenters. The van der Waals surface area contributed by atoms with Crippen molar-refractivity contribution in [2.24, 2.45) is 5.92 Å². The standard InChI is InChI=1S/C11H19NO3/c1-8(2)7-10(13)12-6-4-3-5-9(12)11(14)15/h8-9H,3-7H2,1-2H3,(H,14,15)/t9-/m0/s1. The van der Waals surface area contributed by atoms with Crippen molar-refractivity contribution in [3.63, 3.8) is 0 Å². The average molecular weight is 213 g/mol. The molecule has 0 aliphatic carbocycles. The van der Waals surface area contributed by atoms with E-state index >= 15 is 0 Å². The normalized spacial score (nSPS) is 21.8. The van der Waals surface area contributed by atoms with Crippen LogP contribution in [0.5, 0.6) is 0 Å². The lowest BCUT2D eigenvalue weighted by Crippen LogP contribution is -2.48. The molecule has 0 spiro atoms. The summed E-state index contributed by atoms with van der Waals surface area (Å²) in [6.07, 6.45) is 2.87. The number of carboxylic acids is 1. The lowest BCUT2D eigenvalue weighted by Gasteiger charge is -2.33. The van der Waals surface area contributed by atoms with E-state index in [0.29, 0.717) is 19.4 Å². The first-order valence-electron chi connectivity index (χ1n) is 5.54. The van der Waals surface area contributed by atoms with E-state index in [0.717, 1.165) is 12.8 Å².